The summed E-state index contributed by atoms with van der Waals surface area (Å²) < 4.78 is 32.4. The third-order valence-corrected chi connectivity index (χ3v) is 7.52. The first-order valence-electron chi connectivity index (χ1n) is 10.8. The topological polar surface area (TPSA) is 65.1 Å². The highest BCUT2D eigenvalue weighted by Crippen LogP contribution is 2.20. The summed E-state index contributed by atoms with van der Waals surface area (Å²) in [5, 5.41) is 3.90. The SMILES string of the molecule is CN(C)CCCN(Cc1ccccc1)C(=S)Nc1ccc(S(=O)(=O)N2CCOCC2)cc1. The fraction of sp³-hybridized carbons (Fsp3) is 0.435. The standard InChI is InChI=1S/C23H32N4O3S2/c1-25(2)13-6-14-26(19-20-7-4-3-5-8-20)23(31)24-21-9-11-22(12-10-21)32(28,29)27-15-17-30-18-16-27/h3-5,7-12H,6,13-19H2,1-2H3,(H,24,31). The number of sulfonamides is 1. The molecule has 0 saturated carbocycles. The molecule has 0 aromatic heterocycles. The Morgan fingerprint density at radius 3 is 2.31 bits per heavy atom. The number of anilines is 1. The molecule has 3 rings (SSSR count). The normalized spacial score (nSPS) is 15.0. The number of morpholine rings is 1. The molecule has 0 amide bonds. The van der Waals surface area contributed by atoms with Crippen molar-refractivity contribution in [1.29, 1.82) is 0 Å². The maximum Gasteiger partial charge on any atom is 0.243 e. The molecular formula is C23H32N4O3S2. The third-order valence-electron chi connectivity index (χ3n) is 5.25. The van der Waals surface area contributed by atoms with Crippen LogP contribution in [0.5, 0.6) is 0 Å². The first-order valence-corrected chi connectivity index (χ1v) is 12.6. The van der Waals surface area contributed by atoms with Gasteiger partial charge in [0.05, 0.1) is 18.1 Å². The van der Waals surface area contributed by atoms with E-state index in [-0.39, 0.29) is 4.90 Å². The Morgan fingerprint density at radius 2 is 1.69 bits per heavy atom. The molecule has 0 aliphatic carbocycles. The quantitative estimate of drug-likeness (QED) is 0.559. The van der Waals surface area contributed by atoms with E-state index >= 15 is 0 Å². The van der Waals surface area contributed by atoms with Crippen LogP contribution in [0.15, 0.2) is 59.5 Å². The predicted molar refractivity (Wildman–Crippen MR) is 132 cm³/mol. The van der Waals surface area contributed by atoms with Crippen molar-refractivity contribution in [3.63, 3.8) is 0 Å². The van der Waals surface area contributed by atoms with Gasteiger partial charge in [-0.1, -0.05) is 30.3 Å². The molecule has 0 spiro atoms. The summed E-state index contributed by atoms with van der Waals surface area (Å²) in [5.41, 5.74) is 1.95. The maximum atomic E-state index is 12.8. The monoisotopic (exact) mass is 476 g/mol. The van der Waals surface area contributed by atoms with Crippen molar-refractivity contribution in [2.45, 2.75) is 17.9 Å². The summed E-state index contributed by atoms with van der Waals surface area (Å²) in [5.74, 6) is 0. The fourth-order valence-electron chi connectivity index (χ4n) is 3.48. The van der Waals surface area contributed by atoms with E-state index in [1.807, 2.05) is 18.2 Å². The third kappa shape index (κ3) is 6.98. The second-order valence-corrected chi connectivity index (χ2v) is 10.4. The van der Waals surface area contributed by atoms with E-state index in [2.05, 4.69) is 41.3 Å². The van der Waals surface area contributed by atoms with Crippen molar-refractivity contribution in [2.24, 2.45) is 0 Å². The van der Waals surface area contributed by atoms with Crippen molar-refractivity contribution in [3.8, 4) is 0 Å². The van der Waals surface area contributed by atoms with Crippen molar-refractivity contribution in [3.05, 3.63) is 60.2 Å². The van der Waals surface area contributed by atoms with Crippen LogP contribution in [0.4, 0.5) is 5.69 Å². The second-order valence-electron chi connectivity index (χ2n) is 8.03. The number of nitrogens with one attached hydrogen (secondary N) is 1. The number of hydrogen-bond donors (Lipinski definition) is 1. The van der Waals surface area contributed by atoms with E-state index in [1.54, 1.807) is 24.3 Å². The van der Waals surface area contributed by atoms with E-state index in [0.29, 0.717) is 38.0 Å². The van der Waals surface area contributed by atoms with E-state index in [4.69, 9.17) is 17.0 Å². The van der Waals surface area contributed by atoms with Crippen molar-refractivity contribution in [1.82, 2.24) is 14.1 Å². The van der Waals surface area contributed by atoms with Crippen LogP contribution in [-0.4, -0.2) is 81.1 Å². The van der Waals surface area contributed by atoms with Gasteiger partial charge in [-0.15, -0.1) is 0 Å². The Labute approximate surface area is 197 Å². The summed E-state index contributed by atoms with van der Waals surface area (Å²) >= 11 is 5.71. The molecule has 174 valence electrons. The van der Waals surface area contributed by atoms with Crippen LogP contribution >= 0.6 is 12.2 Å². The van der Waals surface area contributed by atoms with E-state index in [9.17, 15) is 8.42 Å². The lowest BCUT2D eigenvalue weighted by Crippen LogP contribution is -2.40. The molecule has 0 unspecified atom stereocenters. The number of hydrogen-bond acceptors (Lipinski definition) is 5. The number of nitrogens with zero attached hydrogens (tertiary/aromatic N) is 3. The zero-order valence-corrected chi connectivity index (χ0v) is 20.4. The van der Waals surface area contributed by atoms with Gasteiger partial charge < -0.3 is 19.9 Å². The average molecular weight is 477 g/mol. The molecule has 0 radical (unpaired) electrons. The van der Waals surface area contributed by atoms with Gasteiger partial charge in [-0.05, 0) is 69.1 Å². The lowest BCUT2D eigenvalue weighted by molar-refractivity contribution is 0.0730. The lowest BCUT2D eigenvalue weighted by Gasteiger charge is -2.27. The molecule has 1 aliphatic heterocycles. The maximum absolute atomic E-state index is 12.8. The van der Waals surface area contributed by atoms with Gasteiger partial charge in [0.15, 0.2) is 5.11 Å². The molecule has 7 nitrogen and oxygen atoms in total. The summed E-state index contributed by atoms with van der Waals surface area (Å²) in [6, 6.07) is 17.0. The first-order chi connectivity index (χ1) is 15.4. The summed E-state index contributed by atoms with van der Waals surface area (Å²) in [7, 11) is 0.613. The molecule has 1 aliphatic rings. The highest BCUT2D eigenvalue weighted by Gasteiger charge is 2.26. The van der Waals surface area contributed by atoms with Crippen LogP contribution in [0.3, 0.4) is 0 Å². The van der Waals surface area contributed by atoms with Gasteiger partial charge in [-0.25, -0.2) is 8.42 Å². The molecule has 2 aromatic carbocycles. The molecule has 9 heteroatoms. The highest BCUT2D eigenvalue weighted by molar-refractivity contribution is 7.89. The number of ether oxygens (including phenoxy) is 1. The Kier molecular flexibility index (Phi) is 9.01. The smallest absolute Gasteiger partial charge is 0.243 e. The molecule has 32 heavy (non-hydrogen) atoms. The van der Waals surface area contributed by atoms with Crippen molar-refractivity contribution >= 4 is 33.0 Å². The molecule has 0 atom stereocenters. The minimum atomic E-state index is -3.51. The zero-order chi connectivity index (χ0) is 23.0. The number of rotatable bonds is 9. The van der Waals surface area contributed by atoms with Crippen LogP contribution < -0.4 is 5.32 Å². The van der Waals surface area contributed by atoms with Gasteiger partial charge in [-0.2, -0.15) is 4.31 Å². The molecule has 1 N–H and O–H groups in total. The number of benzene rings is 2. The highest BCUT2D eigenvalue weighted by atomic mass is 32.2. The van der Waals surface area contributed by atoms with Crippen molar-refractivity contribution < 1.29 is 13.2 Å². The van der Waals surface area contributed by atoms with Gasteiger partial charge in [0.1, 0.15) is 0 Å². The minimum Gasteiger partial charge on any atom is -0.379 e. The summed E-state index contributed by atoms with van der Waals surface area (Å²) in [6.45, 7) is 4.13. The van der Waals surface area contributed by atoms with Crippen LogP contribution in [-0.2, 0) is 21.3 Å². The molecule has 1 saturated heterocycles. The minimum absolute atomic E-state index is 0.281. The largest absolute Gasteiger partial charge is 0.379 e. The number of thiocarbonyl (C=S) groups is 1. The Hall–Kier alpha value is -2.04. The Balaban J connectivity index is 1.66. The lowest BCUT2D eigenvalue weighted by atomic mass is 10.2. The average Bonchev–Trinajstić information content (AvgIpc) is 2.80. The van der Waals surface area contributed by atoms with Gasteiger partial charge in [0.25, 0.3) is 0 Å². The molecule has 2 aromatic rings. The van der Waals surface area contributed by atoms with Crippen molar-refractivity contribution in [2.75, 3.05) is 58.8 Å². The van der Waals surface area contributed by atoms with Crippen LogP contribution in [0.25, 0.3) is 0 Å². The molecule has 1 heterocycles. The second kappa shape index (κ2) is 11.7. The van der Waals surface area contributed by atoms with Gasteiger partial charge in [-0.3, -0.25) is 0 Å². The van der Waals surface area contributed by atoms with Crippen LogP contribution in [0.1, 0.15) is 12.0 Å². The van der Waals surface area contributed by atoms with E-state index in [0.717, 1.165) is 25.2 Å². The Morgan fingerprint density at radius 1 is 1.03 bits per heavy atom. The van der Waals surface area contributed by atoms with E-state index in [1.165, 1.54) is 9.87 Å². The summed E-state index contributed by atoms with van der Waals surface area (Å²) in [6.07, 6.45) is 0.985. The van der Waals surface area contributed by atoms with Gasteiger partial charge >= 0.3 is 0 Å². The van der Waals surface area contributed by atoms with Crippen LogP contribution in [0.2, 0.25) is 0 Å². The van der Waals surface area contributed by atoms with Gasteiger partial charge in [0.2, 0.25) is 10.0 Å². The Bertz CT molecular complexity index is 960. The molecular weight excluding hydrogens is 444 g/mol. The first kappa shape index (κ1) is 24.6. The fourth-order valence-corrected chi connectivity index (χ4v) is 5.16. The van der Waals surface area contributed by atoms with E-state index < -0.39 is 10.0 Å². The zero-order valence-electron chi connectivity index (χ0n) is 18.7. The summed E-state index contributed by atoms with van der Waals surface area (Å²) in [4.78, 5) is 4.58. The van der Waals surface area contributed by atoms with Gasteiger partial charge in [0, 0.05) is 31.9 Å². The molecule has 1 fully saturated rings. The van der Waals surface area contributed by atoms with Crippen LogP contribution in [0, 0.1) is 0 Å². The predicted octanol–water partition coefficient (Wildman–Crippen LogP) is 2.86. The molecule has 0 bridgehead atoms.